The normalized spacial score (nSPS) is 11.4. The molecule has 6 heteroatoms. The SMILES string of the molecule is CCCCOC(=O)c1ccc(NC(=O)[C@@H](C)Oc2ccc(OC)cc2)cc1. The fourth-order valence-electron chi connectivity index (χ4n) is 2.24. The van der Waals surface area contributed by atoms with Crippen molar-refractivity contribution in [3.05, 3.63) is 54.1 Å². The first-order valence-electron chi connectivity index (χ1n) is 8.92. The molecule has 1 atom stereocenters. The highest BCUT2D eigenvalue weighted by Crippen LogP contribution is 2.19. The molecule has 1 N–H and O–H groups in total. The number of hydrogen-bond acceptors (Lipinski definition) is 5. The summed E-state index contributed by atoms with van der Waals surface area (Å²) in [5, 5.41) is 2.76. The fraction of sp³-hybridized carbons (Fsp3) is 0.333. The van der Waals surface area contributed by atoms with Crippen molar-refractivity contribution in [2.75, 3.05) is 19.0 Å². The lowest BCUT2D eigenvalue weighted by molar-refractivity contribution is -0.122. The molecule has 0 aliphatic heterocycles. The smallest absolute Gasteiger partial charge is 0.338 e. The second-order valence-electron chi connectivity index (χ2n) is 5.99. The highest BCUT2D eigenvalue weighted by Gasteiger charge is 2.15. The molecule has 0 spiro atoms. The third-order valence-corrected chi connectivity index (χ3v) is 3.86. The largest absolute Gasteiger partial charge is 0.497 e. The molecule has 1 amide bonds. The van der Waals surface area contributed by atoms with E-state index in [-0.39, 0.29) is 11.9 Å². The van der Waals surface area contributed by atoms with E-state index in [1.54, 1.807) is 62.6 Å². The molecule has 0 aliphatic carbocycles. The quantitative estimate of drug-likeness (QED) is 0.531. The van der Waals surface area contributed by atoms with Crippen LogP contribution in [-0.2, 0) is 9.53 Å². The fourth-order valence-corrected chi connectivity index (χ4v) is 2.24. The van der Waals surface area contributed by atoms with Gasteiger partial charge in [0.25, 0.3) is 5.91 Å². The summed E-state index contributed by atoms with van der Waals surface area (Å²) in [6.07, 6.45) is 1.12. The van der Waals surface area contributed by atoms with Crippen LogP contribution in [0.2, 0.25) is 0 Å². The third-order valence-electron chi connectivity index (χ3n) is 3.86. The monoisotopic (exact) mass is 371 g/mol. The number of ether oxygens (including phenoxy) is 3. The van der Waals surface area contributed by atoms with E-state index in [4.69, 9.17) is 14.2 Å². The molecular formula is C21H25NO5. The Kier molecular flexibility index (Phi) is 7.67. The number of hydrogen-bond donors (Lipinski definition) is 1. The van der Waals surface area contributed by atoms with Gasteiger partial charge in [-0.2, -0.15) is 0 Å². The minimum Gasteiger partial charge on any atom is -0.497 e. The van der Waals surface area contributed by atoms with Gasteiger partial charge in [-0.15, -0.1) is 0 Å². The van der Waals surface area contributed by atoms with E-state index < -0.39 is 6.10 Å². The molecule has 2 aromatic rings. The van der Waals surface area contributed by atoms with E-state index in [0.717, 1.165) is 12.8 Å². The van der Waals surface area contributed by atoms with Crippen LogP contribution in [0.4, 0.5) is 5.69 Å². The van der Waals surface area contributed by atoms with Crippen LogP contribution < -0.4 is 14.8 Å². The van der Waals surface area contributed by atoms with Crippen LogP contribution >= 0.6 is 0 Å². The first-order valence-corrected chi connectivity index (χ1v) is 8.92. The summed E-state index contributed by atoms with van der Waals surface area (Å²) < 4.78 is 15.9. The molecule has 2 rings (SSSR count). The summed E-state index contributed by atoms with van der Waals surface area (Å²) in [5.74, 6) is 0.637. The minimum atomic E-state index is -0.683. The van der Waals surface area contributed by atoms with Crippen LogP contribution in [0.3, 0.4) is 0 Å². The van der Waals surface area contributed by atoms with E-state index in [1.807, 2.05) is 6.92 Å². The Balaban J connectivity index is 1.87. The lowest BCUT2D eigenvalue weighted by atomic mass is 10.2. The van der Waals surface area contributed by atoms with Gasteiger partial charge in [0, 0.05) is 5.69 Å². The summed E-state index contributed by atoms with van der Waals surface area (Å²) in [6.45, 7) is 4.11. The van der Waals surface area contributed by atoms with Crippen molar-refractivity contribution in [1.82, 2.24) is 0 Å². The lowest BCUT2D eigenvalue weighted by Gasteiger charge is -2.15. The Morgan fingerprint density at radius 3 is 2.22 bits per heavy atom. The summed E-state index contributed by atoms with van der Waals surface area (Å²) >= 11 is 0. The maximum absolute atomic E-state index is 12.3. The van der Waals surface area contributed by atoms with Crippen molar-refractivity contribution >= 4 is 17.6 Å². The van der Waals surface area contributed by atoms with Crippen molar-refractivity contribution in [1.29, 1.82) is 0 Å². The maximum Gasteiger partial charge on any atom is 0.338 e. The van der Waals surface area contributed by atoms with Crippen molar-refractivity contribution in [3.8, 4) is 11.5 Å². The topological polar surface area (TPSA) is 73.9 Å². The molecular weight excluding hydrogens is 346 g/mol. The zero-order chi connectivity index (χ0) is 19.6. The number of benzene rings is 2. The van der Waals surface area contributed by atoms with Gasteiger partial charge in [-0.25, -0.2) is 4.79 Å². The third kappa shape index (κ3) is 6.33. The van der Waals surface area contributed by atoms with E-state index in [1.165, 1.54) is 0 Å². The van der Waals surface area contributed by atoms with Gasteiger partial charge in [0.2, 0.25) is 0 Å². The average Bonchev–Trinajstić information content (AvgIpc) is 2.69. The van der Waals surface area contributed by atoms with Gasteiger partial charge >= 0.3 is 5.97 Å². The number of carbonyl (C=O) groups is 2. The van der Waals surface area contributed by atoms with E-state index in [2.05, 4.69) is 5.32 Å². The Morgan fingerprint density at radius 2 is 1.63 bits per heavy atom. The Hall–Kier alpha value is -3.02. The van der Waals surface area contributed by atoms with E-state index in [9.17, 15) is 9.59 Å². The van der Waals surface area contributed by atoms with Gasteiger partial charge in [-0.1, -0.05) is 13.3 Å². The molecule has 0 radical (unpaired) electrons. The summed E-state index contributed by atoms with van der Waals surface area (Å²) in [6, 6.07) is 13.6. The Labute approximate surface area is 159 Å². The molecule has 0 bridgehead atoms. The molecule has 0 fully saturated rings. The van der Waals surface area contributed by atoms with Crippen LogP contribution in [0.1, 0.15) is 37.0 Å². The minimum absolute atomic E-state index is 0.288. The molecule has 0 aromatic heterocycles. The first-order chi connectivity index (χ1) is 13.0. The van der Waals surface area contributed by atoms with Crippen molar-refractivity contribution in [2.24, 2.45) is 0 Å². The predicted octanol–water partition coefficient (Wildman–Crippen LogP) is 4.06. The van der Waals surface area contributed by atoms with Gasteiger partial charge in [0.05, 0.1) is 19.3 Å². The van der Waals surface area contributed by atoms with Crippen LogP contribution in [-0.4, -0.2) is 31.7 Å². The zero-order valence-electron chi connectivity index (χ0n) is 15.9. The van der Waals surface area contributed by atoms with Gasteiger partial charge in [-0.3, -0.25) is 4.79 Å². The van der Waals surface area contributed by atoms with E-state index >= 15 is 0 Å². The number of amides is 1. The number of rotatable bonds is 9. The number of carbonyl (C=O) groups excluding carboxylic acids is 2. The summed E-state index contributed by atoms with van der Waals surface area (Å²) in [5.41, 5.74) is 1.03. The molecule has 0 saturated heterocycles. The van der Waals surface area contributed by atoms with E-state index in [0.29, 0.717) is 29.4 Å². The molecule has 6 nitrogen and oxygen atoms in total. The van der Waals surface area contributed by atoms with Gasteiger partial charge in [0.1, 0.15) is 11.5 Å². The van der Waals surface area contributed by atoms with Gasteiger partial charge in [-0.05, 0) is 61.9 Å². The Bertz CT molecular complexity index is 740. The van der Waals surface area contributed by atoms with Crippen LogP contribution in [0, 0.1) is 0 Å². The number of anilines is 1. The van der Waals surface area contributed by atoms with Crippen molar-refractivity contribution < 1.29 is 23.8 Å². The van der Waals surface area contributed by atoms with Gasteiger partial charge < -0.3 is 19.5 Å². The number of nitrogens with one attached hydrogen (secondary N) is 1. The number of unbranched alkanes of at least 4 members (excludes halogenated alkanes) is 1. The molecule has 0 heterocycles. The summed E-state index contributed by atoms with van der Waals surface area (Å²) in [7, 11) is 1.59. The van der Waals surface area contributed by atoms with Crippen molar-refractivity contribution in [2.45, 2.75) is 32.8 Å². The molecule has 27 heavy (non-hydrogen) atoms. The lowest BCUT2D eigenvalue weighted by Crippen LogP contribution is -2.30. The molecule has 0 aliphatic rings. The molecule has 2 aromatic carbocycles. The molecule has 0 unspecified atom stereocenters. The standard InChI is InChI=1S/C21H25NO5/c1-4-5-14-26-21(24)16-6-8-17(9-7-16)22-20(23)15(2)27-19-12-10-18(25-3)11-13-19/h6-13,15H,4-5,14H2,1-3H3,(H,22,23)/t15-/m1/s1. The molecule has 144 valence electrons. The first kappa shape index (κ1) is 20.3. The molecule has 0 saturated carbocycles. The number of esters is 1. The highest BCUT2D eigenvalue weighted by atomic mass is 16.5. The zero-order valence-corrected chi connectivity index (χ0v) is 15.9. The average molecular weight is 371 g/mol. The predicted molar refractivity (Wildman–Crippen MR) is 103 cm³/mol. The number of methoxy groups -OCH3 is 1. The van der Waals surface area contributed by atoms with Crippen molar-refractivity contribution in [3.63, 3.8) is 0 Å². The second kappa shape index (κ2) is 10.2. The van der Waals surface area contributed by atoms with Crippen LogP contribution in [0.15, 0.2) is 48.5 Å². The van der Waals surface area contributed by atoms with Crippen LogP contribution in [0.5, 0.6) is 11.5 Å². The van der Waals surface area contributed by atoms with Gasteiger partial charge in [0.15, 0.2) is 6.10 Å². The van der Waals surface area contributed by atoms with Crippen LogP contribution in [0.25, 0.3) is 0 Å². The second-order valence-corrected chi connectivity index (χ2v) is 5.99. The highest BCUT2D eigenvalue weighted by molar-refractivity contribution is 5.95. The summed E-state index contributed by atoms with van der Waals surface area (Å²) in [4.78, 5) is 24.2. The maximum atomic E-state index is 12.3. The Morgan fingerprint density at radius 1 is 1.00 bits per heavy atom.